The zero-order chi connectivity index (χ0) is 14.5. The van der Waals surface area contributed by atoms with Gasteiger partial charge in [-0.3, -0.25) is 9.69 Å². The maximum atomic E-state index is 12.3. The number of hydrogen-bond donors (Lipinski definition) is 1. The average molecular weight is 258 g/mol. The molecule has 108 valence electrons. The van der Waals surface area contributed by atoms with Crippen LogP contribution in [0.4, 0.5) is 0 Å². The Morgan fingerprint density at radius 1 is 1.17 bits per heavy atom. The molecule has 0 aliphatic rings. The molecule has 0 aromatic heterocycles. The van der Waals surface area contributed by atoms with E-state index in [9.17, 15) is 9.90 Å². The smallest absolute Gasteiger partial charge is 0.237 e. The Kier molecular flexibility index (Phi) is 6.86. The first-order valence-electron chi connectivity index (χ1n) is 6.84. The van der Waals surface area contributed by atoms with Crippen molar-refractivity contribution in [2.24, 2.45) is 0 Å². The van der Waals surface area contributed by atoms with Crippen molar-refractivity contribution >= 4 is 5.91 Å². The van der Waals surface area contributed by atoms with Crippen LogP contribution in [-0.4, -0.2) is 58.1 Å². The molecule has 0 aromatic rings. The van der Waals surface area contributed by atoms with Gasteiger partial charge in [-0.05, 0) is 48.1 Å². The summed E-state index contributed by atoms with van der Waals surface area (Å²) in [6.07, 6.45) is 0. The third-order valence-electron chi connectivity index (χ3n) is 2.82. The number of hydrogen-bond acceptors (Lipinski definition) is 3. The summed E-state index contributed by atoms with van der Waals surface area (Å²) in [6, 6.07) is 0.414. The SMILES string of the molecule is CCN(CC(=O)N(C(C)C)C(C)C)CC(C)(C)O. The zero-order valence-corrected chi connectivity index (χ0v) is 13.0. The van der Waals surface area contributed by atoms with Gasteiger partial charge < -0.3 is 10.0 Å². The molecule has 0 spiro atoms. The predicted molar refractivity (Wildman–Crippen MR) is 75.5 cm³/mol. The van der Waals surface area contributed by atoms with Crippen LogP contribution >= 0.6 is 0 Å². The van der Waals surface area contributed by atoms with E-state index in [2.05, 4.69) is 0 Å². The lowest BCUT2D eigenvalue weighted by Crippen LogP contribution is -2.49. The quantitative estimate of drug-likeness (QED) is 0.756. The van der Waals surface area contributed by atoms with Gasteiger partial charge in [-0.15, -0.1) is 0 Å². The summed E-state index contributed by atoms with van der Waals surface area (Å²) >= 11 is 0. The third-order valence-corrected chi connectivity index (χ3v) is 2.82. The van der Waals surface area contributed by atoms with Crippen molar-refractivity contribution < 1.29 is 9.90 Å². The molecule has 4 heteroatoms. The van der Waals surface area contributed by atoms with Gasteiger partial charge in [-0.25, -0.2) is 0 Å². The Hall–Kier alpha value is -0.610. The monoisotopic (exact) mass is 258 g/mol. The molecule has 0 atom stereocenters. The van der Waals surface area contributed by atoms with Gasteiger partial charge in [0.05, 0.1) is 12.1 Å². The molecule has 18 heavy (non-hydrogen) atoms. The highest BCUT2D eigenvalue weighted by Gasteiger charge is 2.24. The first-order valence-corrected chi connectivity index (χ1v) is 6.84. The predicted octanol–water partition coefficient (Wildman–Crippen LogP) is 1.72. The molecule has 0 radical (unpaired) electrons. The Balaban J connectivity index is 4.59. The highest BCUT2D eigenvalue weighted by Crippen LogP contribution is 2.09. The lowest BCUT2D eigenvalue weighted by Gasteiger charge is -2.34. The number of aliphatic hydroxyl groups is 1. The second kappa shape index (κ2) is 7.10. The molecule has 0 unspecified atom stereocenters. The van der Waals surface area contributed by atoms with Gasteiger partial charge in [-0.1, -0.05) is 6.92 Å². The molecule has 0 aliphatic carbocycles. The Bertz CT molecular complexity index is 249. The largest absolute Gasteiger partial charge is 0.389 e. The fourth-order valence-corrected chi connectivity index (χ4v) is 2.27. The minimum Gasteiger partial charge on any atom is -0.389 e. The highest BCUT2D eigenvalue weighted by molar-refractivity contribution is 5.78. The van der Waals surface area contributed by atoms with E-state index in [0.29, 0.717) is 13.1 Å². The van der Waals surface area contributed by atoms with Crippen LogP contribution in [0.15, 0.2) is 0 Å². The molecular formula is C14H30N2O2. The van der Waals surface area contributed by atoms with Crippen molar-refractivity contribution in [2.75, 3.05) is 19.6 Å². The van der Waals surface area contributed by atoms with Crippen LogP contribution in [0.1, 0.15) is 48.5 Å². The van der Waals surface area contributed by atoms with E-state index in [1.165, 1.54) is 0 Å². The number of amides is 1. The zero-order valence-electron chi connectivity index (χ0n) is 13.0. The van der Waals surface area contributed by atoms with Crippen LogP contribution in [0.25, 0.3) is 0 Å². The second-order valence-corrected chi connectivity index (χ2v) is 6.10. The molecular weight excluding hydrogens is 228 g/mol. The number of likely N-dealkylation sites (N-methyl/N-ethyl adjacent to an activating group) is 1. The van der Waals surface area contributed by atoms with Gasteiger partial charge in [-0.2, -0.15) is 0 Å². The summed E-state index contributed by atoms with van der Waals surface area (Å²) in [6.45, 7) is 15.3. The Morgan fingerprint density at radius 2 is 1.61 bits per heavy atom. The standard InChI is InChI=1S/C14H30N2O2/c1-8-15(10-14(6,7)18)9-13(17)16(11(2)3)12(4)5/h11-12,18H,8-10H2,1-7H3. The topological polar surface area (TPSA) is 43.8 Å². The Labute approximate surface area is 112 Å². The van der Waals surface area contributed by atoms with Crippen molar-refractivity contribution in [3.8, 4) is 0 Å². The van der Waals surface area contributed by atoms with E-state index >= 15 is 0 Å². The third kappa shape index (κ3) is 6.36. The van der Waals surface area contributed by atoms with Gasteiger partial charge in [0.2, 0.25) is 5.91 Å². The molecule has 0 heterocycles. The number of nitrogens with zero attached hydrogens (tertiary/aromatic N) is 2. The van der Waals surface area contributed by atoms with Gasteiger partial charge in [0.25, 0.3) is 0 Å². The minimum absolute atomic E-state index is 0.131. The molecule has 0 fully saturated rings. The van der Waals surface area contributed by atoms with Gasteiger partial charge in [0.1, 0.15) is 0 Å². The van der Waals surface area contributed by atoms with E-state index in [1.807, 2.05) is 44.4 Å². The molecule has 0 saturated heterocycles. The summed E-state index contributed by atoms with van der Waals surface area (Å²) in [5.74, 6) is 0.131. The lowest BCUT2D eigenvalue weighted by molar-refractivity contribution is -0.136. The molecule has 0 aliphatic heterocycles. The summed E-state index contributed by atoms with van der Waals surface area (Å²) < 4.78 is 0. The molecule has 0 rings (SSSR count). The van der Waals surface area contributed by atoms with E-state index in [-0.39, 0.29) is 18.0 Å². The van der Waals surface area contributed by atoms with Crippen LogP contribution in [0.2, 0.25) is 0 Å². The fourth-order valence-electron chi connectivity index (χ4n) is 2.27. The molecule has 4 nitrogen and oxygen atoms in total. The molecule has 1 amide bonds. The van der Waals surface area contributed by atoms with Crippen LogP contribution < -0.4 is 0 Å². The highest BCUT2D eigenvalue weighted by atomic mass is 16.3. The lowest BCUT2D eigenvalue weighted by atomic mass is 10.1. The van der Waals surface area contributed by atoms with E-state index < -0.39 is 5.60 Å². The van der Waals surface area contributed by atoms with Crippen molar-refractivity contribution in [1.29, 1.82) is 0 Å². The summed E-state index contributed by atoms with van der Waals surface area (Å²) in [5.41, 5.74) is -0.767. The molecule has 0 saturated carbocycles. The van der Waals surface area contributed by atoms with E-state index in [1.54, 1.807) is 13.8 Å². The fraction of sp³-hybridized carbons (Fsp3) is 0.929. The number of rotatable bonds is 7. The van der Waals surface area contributed by atoms with Gasteiger partial charge >= 0.3 is 0 Å². The summed E-state index contributed by atoms with van der Waals surface area (Å²) in [5, 5.41) is 9.82. The molecule has 1 N–H and O–H groups in total. The molecule has 0 aromatic carbocycles. The van der Waals surface area contributed by atoms with Crippen molar-refractivity contribution in [3.63, 3.8) is 0 Å². The van der Waals surface area contributed by atoms with Crippen LogP contribution in [-0.2, 0) is 4.79 Å². The van der Waals surface area contributed by atoms with Gasteiger partial charge in [0.15, 0.2) is 0 Å². The van der Waals surface area contributed by atoms with Crippen molar-refractivity contribution in [3.05, 3.63) is 0 Å². The van der Waals surface area contributed by atoms with E-state index in [4.69, 9.17) is 0 Å². The first kappa shape index (κ1) is 17.4. The maximum absolute atomic E-state index is 12.3. The van der Waals surface area contributed by atoms with Crippen molar-refractivity contribution in [2.45, 2.75) is 66.2 Å². The minimum atomic E-state index is -0.767. The van der Waals surface area contributed by atoms with Crippen LogP contribution in [0.5, 0.6) is 0 Å². The van der Waals surface area contributed by atoms with E-state index in [0.717, 1.165) is 6.54 Å². The Morgan fingerprint density at radius 3 is 1.89 bits per heavy atom. The average Bonchev–Trinajstić information content (AvgIpc) is 2.12. The summed E-state index contributed by atoms with van der Waals surface area (Å²) in [7, 11) is 0. The number of carbonyl (C=O) groups excluding carboxylic acids is 1. The first-order chi connectivity index (χ1) is 8.08. The summed E-state index contributed by atoms with van der Waals surface area (Å²) in [4.78, 5) is 16.2. The van der Waals surface area contributed by atoms with Crippen LogP contribution in [0, 0.1) is 0 Å². The second-order valence-electron chi connectivity index (χ2n) is 6.10. The number of carbonyl (C=O) groups is 1. The van der Waals surface area contributed by atoms with Crippen LogP contribution in [0.3, 0.4) is 0 Å². The molecule has 0 bridgehead atoms. The van der Waals surface area contributed by atoms with Crippen molar-refractivity contribution in [1.82, 2.24) is 9.80 Å². The maximum Gasteiger partial charge on any atom is 0.237 e. The van der Waals surface area contributed by atoms with Gasteiger partial charge in [0, 0.05) is 18.6 Å². The normalized spacial score (nSPS) is 12.6.